The lowest BCUT2D eigenvalue weighted by atomic mass is 9.74. The van der Waals surface area contributed by atoms with Gasteiger partial charge < -0.3 is 10.1 Å². The van der Waals surface area contributed by atoms with Crippen LogP contribution in [0.15, 0.2) is 30.5 Å². The van der Waals surface area contributed by atoms with Crippen LogP contribution in [0, 0.1) is 11.2 Å². The molecule has 2 aromatic rings. The smallest absolute Gasteiger partial charge is 0.249 e. The summed E-state index contributed by atoms with van der Waals surface area (Å²) in [5, 5.41) is 7.70. The lowest BCUT2D eigenvalue weighted by Crippen LogP contribution is -2.41. The van der Waals surface area contributed by atoms with Gasteiger partial charge in [0, 0.05) is 12.2 Å². The highest BCUT2D eigenvalue weighted by Gasteiger charge is 2.37. The van der Waals surface area contributed by atoms with Crippen LogP contribution >= 0.6 is 0 Å². The van der Waals surface area contributed by atoms with E-state index in [-0.39, 0.29) is 29.3 Å². The van der Waals surface area contributed by atoms with Crippen LogP contribution in [0.2, 0.25) is 0 Å². The van der Waals surface area contributed by atoms with E-state index in [1.165, 1.54) is 12.1 Å². The molecule has 4 rings (SSSR count). The fourth-order valence-corrected chi connectivity index (χ4v) is 4.03. The molecule has 1 amide bonds. The Balaban J connectivity index is 1.65. The zero-order valence-corrected chi connectivity index (χ0v) is 15.2. The van der Waals surface area contributed by atoms with Gasteiger partial charge in [-0.3, -0.25) is 4.79 Å². The van der Waals surface area contributed by atoms with Crippen molar-refractivity contribution in [2.45, 2.75) is 51.7 Å². The van der Waals surface area contributed by atoms with E-state index in [1.54, 1.807) is 12.1 Å². The Bertz CT molecular complexity index is 807. The molecule has 2 atom stereocenters. The molecule has 1 saturated heterocycles. The van der Waals surface area contributed by atoms with Crippen LogP contribution < -0.4 is 5.32 Å². The molecule has 138 valence electrons. The fourth-order valence-electron chi connectivity index (χ4n) is 4.03. The number of aromatic nitrogens is 2. The van der Waals surface area contributed by atoms with Gasteiger partial charge in [-0.2, -0.15) is 5.10 Å². The molecule has 6 heteroatoms. The maximum Gasteiger partial charge on any atom is 0.249 e. The summed E-state index contributed by atoms with van der Waals surface area (Å²) in [6, 6.07) is 6.25. The molecule has 5 nitrogen and oxygen atoms in total. The monoisotopic (exact) mass is 357 g/mol. The molecule has 2 aliphatic rings. The van der Waals surface area contributed by atoms with Gasteiger partial charge in [0.05, 0.1) is 23.6 Å². The number of amides is 1. The first-order valence-corrected chi connectivity index (χ1v) is 9.18. The Labute approximate surface area is 152 Å². The summed E-state index contributed by atoms with van der Waals surface area (Å²) in [7, 11) is 0. The third kappa shape index (κ3) is 3.26. The molecule has 1 aromatic heterocycles. The van der Waals surface area contributed by atoms with Gasteiger partial charge >= 0.3 is 0 Å². The molecule has 0 bridgehead atoms. The molecular formula is C20H24FN3O2. The molecule has 0 unspecified atom stereocenters. The zero-order valence-electron chi connectivity index (χ0n) is 15.2. The summed E-state index contributed by atoms with van der Waals surface area (Å²) < 4.78 is 20.6. The maximum atomic E-state index is 13.3. The van der Waals surface area contributed by atoms with Crippen molar-refractivity contribution in [3.63, 3.8) is 0 Å². The van der Waals surface area contributed by atoms with Crippen molar-refractivity contribution in [1.82, 2.24) is 15.1 Å². The minimum Gasteiger partial charge on any atom is -0.368 e. The van der Waals surface area contributed by atoms with E-state index in [0.717, 1.165) is 42.6 Å². The van der Waals surface area contributed by atoms with Crippen molar-refractivity contribution >= 4 is 5.91 Å². The maximum absolute atomic E-state index is 13.3. The minimum absolute atomic E-state index is 0.0271. The molecular weight excluding hydrogens is 333 g/mol. The summed E-state index contributed by atoms with van der Waals surface area (Å²) in [6.45, 7) is 5.05. The number of halogens is 1. The van der Waals surface area contributed by atoms with E-state index in [4.69, 9.17) is 4.74 Å². The van der Waals surface area contributed by atoms with Gasteiger partial charge in [0.2, 0.25) is 5.91 Å². The number of benzene rings is 1. The van der Waals surface area contributed by atoms with Crippen LogP contribution in [-0.2, 0) is 16.0 Å². The Morgan fingerprint density at radius 2 is 2.12 bits per heavy atom. The topological polar surface area (TPSA) is 56.2 Å². The molecule has 1 aliphatic carbocycles. The van der Waals surface area contributed by atoms with Crippen molar-refractivity contribution in [3.05, 3.63) is 47.5 Å². The number of ether oxygens (including phenoxy) is 1. The number of nitrogens with zero attached hydrogens (tertiary/aromatic N) is 2. The first-order valence-electron chi connectivity index (χ1n) is 9.18. The average molecular weight is 357 g/mol. The number of carbonyl (C=O) groups excluding carboxylic acids is 1. The van der Waals surface area contributed by atoms with Gasteiger partial charge in [-0.05, 0) is 55.4 Å². The number of rotatable bonds is 3. The highest BCUT2D eigenvalue weighted by molar-refractivity contribution is 5.81. The zero-order chi connectivity index (χ0) is 18.3. The molecule has 26 heavy (non-hydrogen) atoms. The second-order valence-corrected chi connectivity index (χ2v) is 8.04. The molecule has 1 fully saturated rings. The lowest BCUT2D eigenvalue weighted by molar-refractivity contribution is -0.131. The van der Waals surface area contributed by atoms with E-state index in [9.17, 15) is 9.18 Å². The van der Waals surface area contributed by atoms with Gasteiger partial charge in [-0.15, -0.1) is 0 Å². The molecule has 1 aliphatic heterocycles. The number of nitrogens with one attached hydrogen (secondary N) is 1. The highest BCUT2D eigenvalue weighted by Crippen LogP contribution is 2.41. The Hall–Kier alpha value is -2.21. The van der Waals surface area contributed by atoms with E-state index in [0.29, 0.717) is 6.61 Å². The highest BCUT2D eigenvalue weighted by atomic mass is 19.1. The van der Waals surface area contributed by atoms with E-state index >= 15 is 0 Å². The summed E-state index contributed by atoms with van der Waals surface area (Å²) in [5.41, 5.74) is 2.97. The third-order valence-corrected chi connectivity index (χ3v) is 5.29. The summed E-state index contributed by atoms with van der Waals surface area (Å²) in [6.07, 6.45) is 4.91. The lowest BCUT2D eigenvalue weighted by Gasteiger charge is -2.36. The van der Waals surface area contributed by atoms with Crippen molar-refractivity contribution in [1.29, 1.82) is 0 Å². The van der Waals surface area contributed by atoms with Gasteiger partial charge in [0.15, 0.2) is 0 Å². The number of fused-ring (bicyclic) bond motifs is 1. The van der Waals surface area contributed by atoms with Crippen LogP contribution in [0.5, 0.6) is 0 Å². The van der Waals surface area contributed by atoms with Crippen molar-refractivity contribution < 1.29 is 13.9 Å². The second kappa shape index (κ2) is 6.50. The molecule has 0 radical (unpaired) electrons. The van der Waals surface area contributed by atoms with Gasteiger partial charge in [0.25, 0.3) is 0 Å². The molecule has 0 saturated carbocycles. The number of hydrogen-bond donors (Lipinski definition) is 1. The van der Waals surface area contributed by atoms with Crippen molar-refractivity contribution in [2.75, 3.05) is 6.61 Å². The first kappa shape index (κ1) is 17.2. The number of carbonyl (C=O) groups is 1. The van der Waals surface area contributed by atoms with Gasteiger partial charge in [0.1, 0.15) is 11.9 Å². The second-order valence-electron chi connectivity index (χ2n) is 8.04. The summed E-state index contributed by atoms with van der Waals surface area (Å²) in [4.78, 5) is 12.5. The predicted molar refractivity (Wildman–Crippen MR) is 95.5 cm³/mol. The van der Waals surface area contributed by atoms with E-state index in [1.807, 2.05) is 10.9 Å². The average Bonchev–Trinajstić information content (AvgIpc) is 3.24. The quantitative estimate of drug-likeness (QED) is 0.917. The molecule has 1 aromatic carbocycles. The van der Waals surface area contributed by atoms with Crippen molar-refractivity contribution in [2.24, 2.45) is 5.41 Å². The molecule has 1 N–H and O–H groups in total. The minimum atomic E-state index is -0.337. The Kier molecular flexibility index (Phi) is 4.31. The Morgan fingerprint density at radius 1 is 1.35 bits per heavy atom. The molecule has 2 heterocycles. The first-order chi connectivity index (χ1) is 12.4. The van der Waals surface area contributed by atoms with Gasteiger partial charge in [-0.25, -0.2) is 9.07 Å². The Morgan fingerprint density at radius 3 is 2.81 bits per heavy atom. The van der Waals surface area contributed by atoms with Crippen LogP contribution in [-0.4, -0.2) is 28.4 Å². The number of hydrogen-bond acceptors (Lipinski definition) is 3. The predicted octanol–water partition coefficient (Wildman–Crippen LogP) is 3.32. The summed E-state index contributed by atoms with van der Waals surface area (Å²) in [5.74, 6) is -0.303. The van der Waals surface area contributed by atoms with Crippen LogP contribution in [0.1, 0.15) is 50.4 Å². The fraction of sp³-hybridized carbons (Fsp3) is 0.500. The molecule has 0 spiro atoms. The van der Waals surface area contributed by atoms with Crippen molar-refractivity contribution in [3.8, 4) is 5.69 Å². The van der Waals surface area contributed by atoms with Gasteiger partial charge in [-0.1, -0.05) is 13.8 Å². The third-order valence-electron chi connectivity index (χ3n) is 5.29. The van der Waals surface area contributed by atoms with Crippen LogP contribution in [0.3, 0.4) is 0 Å². The van der Waals surface area contributed by atoms with E-state index < -0.39 is 0 Å². The summed E-state index contributed by atoms with van der Waals surface area (Å²) >= 11 is 0. The van der Waals surface area contributed by atoms with Crippen LogP contribution in [0.25, 0.3) is 5.69 Å². The SMILES string of the molecule is CC1(C)Cc2c(cnn2-c2ccc(F)cc2)[C@H](NC(=O)[C@@H]2CCCO2)C1. The largest absolute Gasteiger partial charge is 0.368 e. The van der Waals surface area contributed by atoms with E-state index in [2.05, 4.69) is 24.3 Å². The normalized spacial score (nSPS) is 24.3. The standard InChI is InChI=1S/C20H24FN3O2/c1-20(2)10-16(23-19(25)18-4-3-9-26-18)15-12-22-24(17(15)11-20)14-7-5-13(21)6-8-14/h5-8,12,16,18H,3-4,9-11H2,1-2H3,(H,23,25)/t16-,18+/m1/s1. The van der Waals surface area contributed by atoms with Crippen LogP contribution in [0.4, 0.5) is 4.39 Å².